The summed E-state index contributed by atoms with van der Waals surface area (Å²) in [5.74, 6) is -0.0272. The minimum atomic E-state index is -3.38. The highest BCUT2D eigenvalue weighted by Crippen LogP contribution is 2.12. The van der Waals surface area contributed by atoms with Crippen LogP contribution in [-0.4, -0.2) is 38.7 Å². The van der Waals surface area contributed by atoms with E-state index in [0.29, 0.717) is 18.7 Å². The SMILES string of the molecule is CCCN(CC#N)CCS(=O)(=O)c1ccc(C#N)cc1. The van der Waals surface area contributed by atoms with Crippen molar-refractivity contribution >= 4 is 9.84 Å². The van der Waals surface area contributed by atoms with Gasteiger partial charge in [-0.15, -0.1) is 0 Å². The van der Waals surface area contributed by atoms with E-state index in [0.717, 1.165) is 6.42 Å². The Balaban J connectivity index is 2.74. The predicted octanol–water partition coefficient (Wildman–Crippen LogP) is 1.57. The molecule has 0 bridgehead atoms. The van der Waals surface area contributed by atoms with Crippen molar-refractivity contribution < 1.29 is 8.42 Å². The minimum Gasteiger partial charge on any atom is -0.290 e. The summed E-state index contributed by atoms with van der Waals surface area (Å²) in [6, 6.07) is 9.87. The molecule has 0 spiro atoms. The van der Waals surface area contributed by atoms with Gasteiger partial charge in [0.05, 0.1) is 34.9 Å². The Morgan fingerprint density at radius 2 is 1.80 bits per heavy atom. The van der Waals surface area contributed by atoms with Crippen molar-refractivity contribution in [2.45, 2.75) is 18.2 Å². The minimum absolute atomic E-state index is 0.0272. The quantitative estimate of drug-likeness (QED) is 0.712. The van der Waals surface area contributed by atoms with Gasteiger partial charge < -0.3 is 0 Å². The van der Waals surface area contributed by atoms with Crippen molar-refractivity contribution in [2.75, 3.05) is 25.4 Å². The Bertz CT molecular complexity index is 609. The highest BCUT2D eigenvalue weighted by atomic mass is 32.2. The van der Waals surface area contributed by atoms with Gasteiger partial charge in [-0.2, -0.15) is 10.5 Å². The van der Waals surface area contributed by atoms with Crippen molar-refractivity contribution in [3.05, 3.63) is 29.8 Å². The number of nitrogens with zero attached hydrogens (tertiary/aromatic N) is 3. The van der Waals surface area contributed by atoms with Gasteiger partial charge in [0.15, 0.2) is 9.84 Å². The maximum absolute atomic E-state index is 12.2. The topological polar surface area (TPSA) is 85.0 Å². The molecule has 1 rings (SSSR count). The van der Waals surface area contributed by atoms with Gasteiger partial charge >= 0.3 is 0 Å². The molecular weight excluding hydrogens is 274 g/mol. The maximum Gasteiger partial charge on any atom is 0.179 e. The van der Waals surface area contributed by atoms with E-state index in [1.807, 2.05) is 24.0 Å². The molecule has 0 N–H and O–H groups in total. The van der Waals surface area contributed by atoms with Crippen LogP contribution in [0.5, 0.6) is 0 Å². The lowest BCUT2D eigenvalue weighted by molar-refractivity contribution is 0.324. The van der Waals surface area contributed by atoms with E-state index in [9.17, 15) is 8.42 Å². The van der Waals surface area contributed by atoms with Gasteiger partial charge in [-0.25, -0.2) is 8.42 Å². The monoisotopic (exact) mass is 291 g/mol. The normalized spacial score (nSPS) is 11.0. The first-order chi connectivity index (χ1) is 9.53. The Morgan fingerprint density at radius 3 is 2.30 bits per heavy atom. The smallest absolute Gasteiger partial charge is 0.179 e. The molecule has 5 nitrogen and oxygen atoms in total. The van der Waals surface area contributed by atoms with Crippen LogP contribution in [0, 0.1) is 22.7 Å². The molecule has 0 saturated heterocycles. The predicted molar refractivity (Wildman–Crippen MR) is 75.6 cm³/mol. The third-order valence-electron chi connectivity index (χ3n) is 2.85. The maximum atomic E-state index is 12.2. The van der Waals surface area contributed by atoms with E-state index in [1.54, 1.807) is 0 Å². The van der Waals surface area contributed by atoms with E-state index in [2.05, 4.69) is 0 Å². The fourth-order valence-corrected chi connectivity index (χ4v) is 3.08. The summed E-state index contributed by atoms with van der Waals surface area (Å²) >= 11 is 0. The van der Waals surface area contributed by atoms with E-state index < -0.39 is 9.84 Å². The van der Waals surface area contributed by atoms with Crippen molar-refractivity contribution in [1.29, 1.82) is 10.5 Å². The Labute approximate surface area is 120 Å². The van der Waals surface area contributed by atoms with Crippen molar-refractivity contribution in [3.8, 4) is 12.1 Å². The van der Waals surface area contributed by atoms with Crippen molar-refractivity contribution in [1.82, 2.24) is 4.90 Å². The van der Waals surface area contributed by atoms with Crippen LogP contribution < -0.4 is 0 Å². The van der Waals surface area contributed by atoms with E-state index in [-0.39, 0.29) is 17.2 Å². The summed E-state index contributed by atoms with van der Waals surface area (Å²) < 4.78 is 24.3. The number of benzene rings is 1. The highest BCUT2D eigenvalue weighted by molar-refractivity contribution is 7.91. The molecule has 0 aliphatic rings. The van der Waals surface area contributed by atoms with Gasteiger partial charge in [0.25, 0.3) is 0 Å². The lowest BCUT2D eigenvalue weighted by Crippen LogP contribution is -2.30. The first-order valence-corrected chi connectivity index (χ1v) is 8.01. The Kier molecular flexibility index (Phi) is 6.17. The van der Waals surface area contributed by atoms with Gasteiger partial charge in [-0.3, -0.25) is 4.90 Å². The Hall–Kier alpha value is -1.89. The first kappa shape index (κ1) is 16.2. The molecule has 1 aromatic rings. The van der Waals surface area contributed by atoms with Crippen LogP contribution in [0.2, 0.25) is 0 Å². The standard InChI is InChI=1S/C14H17N3O2S/c1-2-8-17(9-7-15)10-11-20(18,19)14-5-3-13(12-16)4-6-14/h3-6H,2,8-11H2,1H3. The molecule has 0 amide bonds. The number of hydrogen-bond acceptors (Lipinski definition) is 5. The molecule has 0 fully saturated rings. The van der Waals surface area contributed by atoms with Gasteiger partial charge in [-0.05, 0) is 37.2 Å². The third-order valence-corrected chi connectivity index (χ3v) is 4.56. The molecule has 6 heteroatoms. The van der Waals surface area contributed by atoms with E-state index in [1.165, 1.54) is 24.3 Å². The second-order valence-corrected chi connectivity index (χ2v) is 6.50. The summed E-state index contributed by atoms with van der Waals surface area (Å²) in [5, 5.41) is 17.4. The second-order valence-electron chi connectivity index (χ2n) is 4.39. The molecule has 106 valence electrons. The average molecular weight is 291 g/mol. The summed E-state index contributed by atoms with van der Waals surface area (Å²) in [5.41, 5.74) is 0.432. The lowest BCUT2D eigenvalue weighted by Gasteiger charge is -2.17. The van der Waals surface area contributed by atoms with Crippen molar-refractivity contribution in [3.63, 3.8) is 0 Å². The number of hydrogen-bond donors (Lipinski definition) is 0. The molecule has 0 radical (unpaired) electrons. The van der Waals surface area contributed by atoms with E-state index >= 15 is 0 Å². The molecule has 0 aliphatic heterocycles. The van der Waals surface area contributed by atoms with Crippen LogP contribution in [0.1, 0.15) is 18.9 Å². The average Bonchev–Trinajstić information content (AvgIpc) is 2.45. The highest BCUT2D eigenvalue weighted by Gasteiger charge is 2.16. The largest absolute Gasteiger partial charge is 0.290 e. The molecule has 0 aromatic heterocycles. The van der Waals surface area contributed by atoms with Gasteiger partial charge in [0.1, 0.15) is 0 Å². The first-order valence-electron chi connectivity index (χ1n) is 6.35. The second kappa shape index (κ2) is 7.64. The molecule has 0 atom stereocenters. The molecule has 0 heterocycles. The summed E-state index contributed by atoms with van der Waals surface area (Å²) in [7, 11) is -3.38. The fourth-order valence-electron chi connectivity index (χ4n) is 1.79. The zero-order valence-electron chi connectivity index (χ0n) is 11.4. The van der Waals surface area contributed by atoms with Crippen LogP contribution in [0.15, 0.2) is 29.2 Å². The summed E-state index contributed by atoms with van der Waals surface area (Å²) in [4.78, 5) is 2.03. The summed E-state index contributed by atoms with van der Waals surface area (Å²) in [6.45, 7) is 3.26. The van der Waals surface area contributed by atoms with Crippen LogP contribution >= 0.6 is 0 Å². The number of rotatable bonds is 7. The van der Waals surface area contributed by atoms with Gasteiger partial charge in [0.2, 0.25) is 0 Å². The number of nitriles is 2. The van der Waals surface area contributed by atoms with Crippen LogP contribution in [-0.2, 0) is 9.84 Å². The van der Waals surface area contributed by atoms with Crippen LogP contribution in [0.25, 0.3) is 0 Å². The van der Waals surface area contributed by atoms with Crippen LogP contribution in [0.4, 0.5) is 0 Å². The summed E-state index contributed by atoms with van der Waals surface area (Å²) in [6.07, 6.45) is 0.874. The molecule has 1 aromatic carbocycles. The molecule has 0 unspecified atom stereocenters. The number of sulfone groups is 1. The van der Waals surface area contributed by atoms with E-state index in [4.69, 9.17) is 10.5 Å². The third kappa shape index (κ3) is 4.65. The van der Waals surface area contributed by atoms with Crippen molar-refractivity contribution in [2.24, 2.45) is 0 Å². The molecule has 0 saturated carbocycles. The Morgan fingerprint density at radius 1 is 1.15 bits per heavy atom. The van der Waals surface area contributed by atoms with Crippen LogP contribution in [0.3, 0.4) is 0 Å². The molecule has 0 aliphatic carbocycles. The van der Waals surface area contributed by atoms with Gasteiger partial charge in [-0.1, -0.05) is 6.92 Å². The zero-order valence-corrected chi connectivity index (χ0v) is 12.2. The molecule has 20 heavy (non-hydrogen) atoms. The zero-order chi connectivity index (χ0) is 15.0. The lowest BCUT2D eigenvalue weighted by atomic mass is 10.2. The van der Waals surface area contributed by atoms with Gasteiger partial charge in [0, 0.05) is 6.54 Å². The molecular formula is C14H17N3O2S. The fraction of sp³-hybridized carbons (Fsp3) is 0.429.